The number of nitro benzene ring substituents is 1. The Balaban J connectivity index is 1.73. The molecule has 0 saturated carbocycles. The van der Waals surface area contributed by atoms with Crippen molar-refractivity contribution in [2.75, 3.05) is 5.32 Å². The van der Waals surface area contributed by atoms with Crippen molar-refractivity contribution >= 4 is 46.3 Å². The zero-order chi connectivity index (χ0) is 17.1. The Labute approximate surface area is 141 Å². The van der Waals surface area contributed by atoms with Crippen LogP contribution in [0.4, 0.5) is 11.6 Å². The lowest BCUT2D eigenvalue weighted by molar-refractivity contribution is -0.384. The summed E-state index contributed by atoms with van der Waals surface area (Å²) in [6.45, 7) is 0. The number of nitrogens with zero attached hydrogens (tertiary/aromatic N) is 2. The van der Waals surface area contributed by atoms with Gasteiger partial charge in [0.1, 0.15) is 5.02 Å². The molecule has 0 aliphatic carbocycles. The third kappa shape index (κ3) is 3.41. The number of benzene rings is 2. The number of aromatic nitrogens is 2. The number of imidazole rings is 1. The summed E-state index contributed by atoms with van der Waals surface area (Å²) in [6.07, 6.45) is 2.72. The third-order valence-electron chi connectivity index (χ3n) is 3.23. The first-order valence-electron chi connectivity index (χ1n) is 6.91. The molecule has 0 radical (unpaired) electrons. The fourth-order valence-corrected chi connectivity index (χ4v) is 2.30. The van der Waals surface area contributed by atoms with E-state index in [4.69, 9.17) is 11.6 Å². The van der Waals surface area contributed by atoms with Crippen LogP contribution in [-0.4, -0.2) is 20.8 Å². The van der Waals surface area contributed by atoms with Crippen LogP contribution in [-0.2, 0) is 4.79 Å². The van der Waals surface area contributed by atoms with Gasteiger partial charge in [-0.15, -0.1) is 0 Å². The number of halogens is 1. The molecule has 1 amide bonds. The second-order valence-corrected chi connectivity index (χ2v) is 5.30. The first kappa shape index (κ1) is 15.7. The molecule has 0 atom stereocenters. The molecule has 0 unspecified atom stereocenters. The van der Waals surface area contributed by atoms with Crippen molar-refractivity contribution in [3.05, 3.63) is 69.2 Å². The number of rotatable bonds is 4. The van der Waals surface area contributed by atoms with Crippen LogP contribution in [0.2, 0.25) is 5.02 Å². The molecule has 0 aliphatic heterocycles. The first-order chi connectivity index (χ1) is 11.5. The second kappa shape index (κ2) is 6.51. The van der Waals surface area contributed by atoms with E-state index in [1.807, 2.05) is 24.3 Å². The SMILES string of the molecule is O=C(/C=C/c1ccc(Cl)c([N+](=O)[O-])c1)Nc1nc2ccccc2[nH]1. The van der Waals surface area contributed by atoms with Gasteiger partial charge in [-0.2, -0.15) is 0 Å². The van der Waals surface area contributed by atoms with Crippen LogP contribution in [0.1, 0.15) is 5.56 Å². The van der Waals surface area contributed by atoms with Crippen molar-refractivity contribution < 1.29 is 9.72 Å². The van der Waals surface area contributed by atoms with Gasteiger partial charge in [0.25, 0.3) is 11.6 Å². The summed E-state index contributed by atoms with van der Waals surface area (Å²) in [5.41, 5.74) is 1.83. The average Bonchev–Trinajstić information content (AvgIpc) is 2.96. The molecule has 1 heterocycles. The van der Waals surface area contributed by atoms with Crippen LogP contribution in [0, 0.1) is 10.1 Å². The van der Waals surface area contributed by atoms with Crippen molar-refractivity contribution in [2.24, 2.45) is 0 Å². The van der Waals surface area contributed by atoms with E-state index in [0.29, 0.717) is 11.5 Å². The normalized spacial score (nSPS) is 11.0. The summed E-state index contributed by atoms with van der Waals surface area (Å²) in [6, 6.07) is 11.7. The number of anilines is 1. The molecular formula is C16H11ClN4O3. The lowest BCUT2D eigenvalue weighted by Crippen LogP contribution is -2.08. The lowest BCUT2D eigenvalue weighted by atomic mass is 10.2. The number of fused-ring (bicyclic) bond motifs is 1. The number of hydrogen-bond donors (Lipinski definition) is 2. The van der Waals surface area contributed by atoms with Crippen molar-refractivity contribution in [1.82, 2.24) is 9.97 Å². The van der Waals surface area contributed by atoms with E-state index in [0.717, 1.165) is 11.0 Å². The minimum atomic E-state index is -0.575. The van der Waals surface area contributed by atoms with Gasteiger partial charge in [0.15, 0.2) is 0 Å². The Bertz CT molecular complexity index is 932. The van der Waals surface area contributed by atoms with E-state index in [2.05, 4.69) is 15.3 Å². The Kier molecular flexibility index (Phi) is 4.26. The molecule has 8 heteroatoms. The Morgan fingerprint density at radius 2 is 2.08 bits per heavy atom. The zero-order valence-electron chi connectivity index (χ0n) is 12.2. The molecule has 0 bridgehead atoms. The maximum Gasteiger partial charge on any atom is 0.288 e. The highest BCUT2D eigenvalue weighted by Gasteiger charge is 2.11. The smallest absolute Gasteiger partial charge is 0.288 e. The Morgan fingerprint density at radius 3 is 2.83 bits per heavy atom. The van der Waals surface area contributed by atoms with E-state index < -0.39 is 10.8 Å². The van der Waals surface area contributed by atoms with Gasteiger partial charge in [0.2, 0.25) is 5.95 Å². The predicted octanol–water partition coefficient (Wildman–Crippen LogP) is 3.78. The monoisotopic (exact) mass is 342 g/mol. The lowest BCUT2D eigenvalue weighted by Gasteiger charge is -1.98. The molecule has 1 aromatic heterocycles. The summed E-state index contributed by atoms with van der Waals surface area (Å²) < 4.78 is 0. The van der Waals surface area contributed by atoms with E-state index in [1.165, 1.54) is 24.3 Å². The molecule has 7 nitrogen and oxygen atoms in total. The molecule has 120 valence electrons. The minimum Gasteiger partial charge on any atom is -0.324 e. The van der Waals surface area contributed by atoms with E-state index >= 15 is 0 Å². The molecule has 0 saturated heterocycles. The highest BCUT2D eigenvalue weighted by atomic mass is 35.5. The summed E-state index contributed by atoms with van der Waals surface area (Å²) in [5.74, 6) is -0.0837. The summed E-state index contributed by atoms with van der Waals surface area (Å²) in [5, 5.41) is 13.5. The van der Waals surface area contributed by atoms with E-state index in [1.54, 1.807) is 6.07 Å². The van der Waals surface area contributed by atoms with Crippen molar-refractivity contribution in [2.45, 2.75) is 0 Å². The number of hydrogen-bond acceptors (Lipinski definition) is 4. The van der Waals surface area contributed by atoms with E-state index in [9.17, 15) is 14.9 Å². The van der Waals surface area contributed by atoms with Gasteiger partial charge >= 0.3 is 0 Å². The van der Waals surface area contributed by atoms with Gasteiger partial charge in [0.05, 0.1) is 16.0 Å². The van der Waals surface area contributed by atoms with Gasteiger partial charge in [-0.25, -0.2) is 4.98 Å². The number of para-hydroxylation sites is 2. The standard InChI is InChI=1S/C16H11ClN4O3/c17-11-7-5-10(9-14(11)21(23)24)6-8-15(22)20-16-18-12-3-1-2-4-13(12)19-16/h1-9H,(H2,18,19,20,22)/b8-6+. The number of aromatic amines is 1. The van der Waals surface area contributed by atoms with Crippen LogP contribution in [0.5, 0.6) is 0 Å². The topological polar surface area (TPSA) is 101 Å². The largest absolute Gasteiger partial charge is 0.324 e. The predicted molar refractivity (Wildman–Crippen MR) is 91.9 cm³/mol. The highest BCUT2D eigenvalue weighted by molar-refractivity contribution is 6.32. The van der Waals surface area contributed by atoms with Gasteiger partial charge in [0, 0.05) is 12.1 Å². The van der Waals surface area contributed by atoms with E-state index in [-0.39, 0.29) is 10.7 Å². The zero-order valence-corrected chi connectivity index (χ0v) is 12.9. The third-order valence-corrected chi connectivity index (χ3v) is 3.54. The number of carbonyl (C=O) groups is 1. The fraction of sp³-hybridized carbons (Fsp3) is 0. The molecule has 0 aliphatic rings. The number of nitro groups is 1. The van der Waals surface area contributed by atoms with Gasteiger partial charge < -0.3 is 4.98 Å². The van der Waals surface area contributed by atoms with Crippen LogP contribution < -0.4 is 5.32 Å². The first-order valence-corrected chi connectivity index (χ1v) is 7.28. The molecule has 2 aromatic carbocycles. The Morgan fingerprint density at radius 1 is 1.29 bits per heavy atom. The van der Waals surface area contributed by atoms with Crippen LogP contribution in [0.25, 0.3) is 17.1 Å². The number of nitrogens with one attached hydrogen (secondary N) is 2. The number of carbonyl (C=O) groups excluding carboxylic acids is 1. The van der Waals surface area contributed by atoms with Crippen molar-refractivity contribution in [1.29, 1.82) is 0 Å². The number of H-pyrrole nitrogens is 1. The molecule has 0 fully saturated rings. The minimum absolute atomic E-state index is 0.0453. The highest BCUT2D eigenvalue weighted by Crippen LogP contribution is 2.25. The Hall–Kier alpha value is -3.19. The molecule has 3 aromatic rings. The van der Waals surface area contributed by atoms with Crippen LogP contribution in [0.3, 0.4) is 0 Å². The van der Waals surface area contributed by atoms with Crippen LogP contribution in [0.15, 0.2) is 48.5 Å². The molecule has 2 N–H and O–H groups in total. The summed E-state index contributed by atoms with van der Waals surface area (Å²) in [4.78, 5) is 29.4. The maximum absolute atomic E-state index is 11.9. The maximum atomic E-state index is 11.9. The number of amides is 1. The van der Waals surface area contributed by atoms with Crippen LogP contribution >= 0.6 is 11.6 Å². The van der Waals surface area contributed by atoms with Gasteiger partial charge in [-0.3, -0.25) is 20.2 Å². The summed E-state index contributed by atoms with van der Waals surface area (Å²) >= 11 is 5.74. The quantitative estimate of drug-likeness (QED) is 0.428. The average molecular weight is 343 g/mol. The second-order valence-electron chi connectivity index (χ2n) is 4.89. The van der Waals surface area contributed by atoms with Crippen molar-refractivity contribution in [3.8, 4) is 0 Å². The molecule has 3 rings (SSSR count). The molecule has 0 spiro atoms. The molecule has 24 heavy (non-hydrogen) atoms. The molecular weight excluding hydrogens is 332 g/mol. The van der Waals surface area contributed by atoms with Gasteiger partial charge in [-0.1, -0.05) is 29.8 Å². The summed E-state index contributed by atoms with van der Waals surface area (Å²) in [7, 11) is 0. The van der Waals surface area contributed by atoms with Crippen molar-refractivity contribution in [3.63, 3.8) is 0 Å². The van der Waals surface area contributed by atoms with Gasteiger partial charge in [-0.05, 0) is 29.8 Å². The fourth-order valence-electron chi connectivity index (χ4n) is 2.12.